The number of amides is 2. The van der Waals surface area contributed by atoms with E-state index in [1.165, 1.54) is 11.3 Å². The van der Waals surface area contributed by atoms with E-state index in [1.807, 2.05) is 24.8 Å². The first-order valence-corrected chi connectivity index (χ1v) is 9.17. The molecule has 0 aromatic rings. The van der Waals surface area contributed by atoms with E-state index in [0.29, 0.717) is 18.4 Å². The molecule has 0 aromatic heterocycles. The van der Waals surface area contributed by atoms with Crippen LogP contribution in [-0.4, -0.2) is 65.0 Å². The van der Waals surface area contributed by atoms with Gasteiger partial charge in [-0.3, -0.25) is 9.59 Å². The SMILES string of the molecule is CC(C)(CC(=O)N1CC2CCC1C2)NCC(=O)N1C[C@@H](F)C[C@H]1C#N. The molecule has 2 heterocycles. The van der Waals surface area contributed by atoms with Crippen molar-refractivity contribution in [3.05, 3.63) is 0 Å². The number of piperidine rings is 1. The van der Waals surface area contributed by atoms with Crippen molar-refractivity contribution >= 4 is 11.8 Å². The van der Waals surface area contributed by atoms with Gasteiger partial charge in [-0.25, -0.2) is 4.39 Å². The Hall–Kier alpha value is -1.68. The van der Waals surface area contributed by atoms with Gasteiger partial charge in [-0.1, -0.05) is 0 Å². The average molecular weight is 350 g/mol. The number of carbonyl (C=O) groups excluding carboxylic acids is 2. The number of hydrogen-bond acceptors (Lipinski definition) is 4. The molecule has 25 heavy (non-hydrogen) atoms. The first-order chi connectivity index (χ1) is 11.8. The summed E-state index contributed by atoms with van der Waals surface area (Å²) in [7, 11) is 0. The molecule has 0 aromatic carbocycles. The molecule has 2 saturated heterocycles. The second kappa shape index (κ2) is 6.91. The van der Waals surface area contributed by atoms with Crippen LogP contribution in [0.25, 0.3) is 0 Å². The molecule has 7 heteroatoms. The van der Waals surface area contributed by atoms with Crippen molar-refractivity contribution in [3.8, 4) is 6.07 Å². The van der Waals surface area contributed by atoms with E-state index in [4.69, 9.17) is 5.26 Å². The number of alkyl halides is 1. The number of carbonyl (C=O) groups is 2. The summed E-state index contributed by atoms with van der Waals surface area (Å²) in [5.74, 6) is 0.517. The van der Waals surface area contributed by atoms with Gasteiger partial charge in [0.15, 0.2) is 0 Å². The molecule has 6 nitrogen and oxygen atoms in total. The van der Waals surface area contributed by atoms with Crippen LogP contribution >= 0.6 is 0 Å². The molecular weight excluding hydrogens is 323 g/mol. The molecule has 1 saturated carbocycles. The third kappa shape index (κ3) is 3.95. The molecule has 2 amide bonds. The monoisotopic (exact) mass is 350 g/mol. The molecule has 1 aliphatic carbocycles. The third-order valence-electron chi connectivity index (χ3n) is 5.76. The molecule has 3 aliphatic rings. The summed E-state index contributed by atoms with van der Waals surface area (Å²) in [6.07, 6.45) is 2.76. The fourth-order valence-electron chi connectivity index (χ4n) is 4.37. The maximum absolute atomic E-state index is 13.4. The minimum atomic E-state index is -1.13. The second-order valence-electron chi connectivity index (χ2n) is 8.32. The first-order valence-electron chi connectivity index (χ1n) is 9.17. The Morgan fingerprint density at radius 2 is 1.96 bits per heavy atom. The van der Waals surface area contributed by atoms with Gasteiger partial charge in [0.1, 0.15) is 12.2 Å². The van der Waals surface area contributed by atoms with Crippen LogP contribution in [0.4, 0.5) is 4.39 Å². The third-order valence-corrected chi connectivity index (χ3v) is 5.76. The molecule has 4 atom stereocenters. The van der Waals surface area contributed by atoms with Crippen LogP contribution in [0, 0.1) is 17.2 Å². The summed E-state index contributed by atoms with van der Waals surface area (Å²) in [5.41, 5.74) is -0.522. The number of rotatable bonds is 5. The predicted molar refractivity (Wildman–Crippen MR) is 90.2 cm³/mol. The van der Waals surface area contributed by atoms with Gasteiger partial charge in [0, 0.05) is 31.0 Å². The van der Waals surface area contributed by atoms with E-state index >= 15 is 0 Å². The first kappa shape index (κ1) is 18.1. The van der Waals surface area contributed by atoms with Gasteiger partial charge in [-0.05, 0) is 39.0 Å². The predicted octanol–water partition coefficient (Wildman–Crippen LogP) is 1.22. The Morgan fingerprint density at radius 1 is 1.20 bits per heavy atom. The zero-order chi connectivity index (χ0) is 18.2. The van der Waals surface area contributed by atoms with Crippen molar-refractivity contribution in [2.24, 2.45) is 5.92 Å². The summed E-state index contributed by atoms with van der Waals surface area (Å²) in [4.78, 5) is 28.2. The molecule has 3 fully saturated rings. The smallest absolute Gasteiger partial charge is 0.237 e. The lowest BCUT2D eigenvalue weighted by Crippen LogP contribution is -2.50. The normalized spacial score (nSPS) is 31.4. The van der Waals surface area contributed by atoms with E-state index in [1.54, 1.807) is 0 Å². The topological polar surface area (TPSA) is 76.4 Å². The van der Waals surface area contributed by atoms with Crippen LogP contribution in [0.1, 0.15) is 46.0 Å². The van der Waals surface area contributed by atoms with Crippen molar-refractivity contribution < 1.29 is 14.0 Å². The molecule has 2 bridgehead atoms. The second-order valence-corrected chi connectivity index (χ2v) is 8.32. The molecule has 0 radical (unpaired) electrons. The van der Waals surface area contributed by atoms with E-state index < -0.39 is 17.8 Å². The molecule has 3 rings (SSSR count). The molecule has 138 valence electrons. The van der Waals surface area contributed by atoms with E-state index in [-0.39, 0.29) is 31.3 Å². The van der Waals surface area contributed by atoms with Crippen molar-refractivity contribution in [1.82, 2.24) is 15.1 Å². The quantitative estimate of drug-likeness (QED) is 0.809. The summed E-state index contributed by atoms with van der Waals surface area (Å²) in [6, 6.07) is 1.70. The number of halogens is 1. The Balaban J connectivity index is 1.49. The van der Waals surface area contributed by atoms with Gasteiger partial charge >= 0.3 is 0 Å². The molecular formula is C18H27FN4O2. The molecule has 0 spiro atoms. The van der Waals surface area contributed by atoms with Crippen LogP contribution < -0.4 is 5.32 Å². The zero-order valence-electron chi connectivity index (χ0n) is 15.0. The maximum Gasteiger partial charge on any atom is 0.237 e. The van der Waals surface area contributed by atoms with E-state index in [2.05, 4.69) is 5.32 Å². The van der Waals surface area contributed by atoms with Gasteiger partial charge in [0.05, 0.1) is 19.2 Å². The maximum atomic E-state index is 13.4. The summed E-state index contributed by atoms with van der Waals surface area (Å²) < 4.78 is 13.4. The fraction of sp³-hybridized carbons (Fsp3) is 0.833. The fourth-order valence-corrected chi connectivity index (χ4v) is 4.37. The largest absolute Gasteiger partial charge is 0.339 e. The van der Waals surface area contributed by atoms with Crippen molar-refractivity contribution in [2.75, 3.05) is 19.6 Å². The molecule has 2 unspecified atom stereocenters. The highest BCUT2D eigenvalue weighted by atomic mass is 19.1. The van der Waals surface area contributed by atoms with Crippen LogP contribution in [0.5, 0.6) is 0 Å². The van der Waals surface area contributed by atoms with Crippen molar-refractivity contribution in [1.29, 1.82) is 5.26 Å². The lowest BCUT2D eigenvalue weighted by atomic mass is 9.98. The van der Waals surface area contributed by atoms with E-state index in [9.17, 15) is 14.0 Å². The number of nitrogens with one attached hydrogen (secondary N) is 1. The van der Waals surface area contributed by atoms with E-state index in [0.717, 1.165) is 19.4 Å². The molecule has 1 N–H and O–H groups in total. The number of hydrogen-bond donors (Lipinski definition) is 1. The Bertz CT molecular complexity index is 588. The lowest BCUT2D eigenvalue weighted by Gasteiger charge is -2.32. The zero-order valence-corrected chi connectivity index (χ0v) is 15.0. The van der Waals surface area contributed by atoms with Crippen LogP contribution in [0.15, 0.2) is 0 Å². The molecule has 2 aliphatic heterocycles. The van der Waals surface area contributed by atoms with Gasteiger partial charge in [0.25, 0.3) is 0 Å². The van der Waals surface area contributed by atoms with Crippen LogP contribution in [0.3, 0.4) is 0 Å². The highest BCUT2D eigenvalue weighted by Crippen LogP contribution is 2.38. The summed E-state index contributed by atoms with van der Waals surface area (Å²) in [5, 5.41) is 12.2. The minimum Gasteiger partial charge on any atom is -0.339 e. The Labute approximate surface area is 148 Å². The standard InChI is InChI=1S/C18H27FN4O2/c1-18(2,7-16(24)22-10-12-3-4-14(22)5-12)21-9-17(25)23-11-13(19)6-15(23)8-20/h12-15,21H,3-7,9-11H2,1-2H3/t12?,13-,14?,15-/m0/s1. The lowest BCUT2D eigenvalue weighted by molar-refractivity contribution is -0.135. The highest BCUT2D eigenvalue weighted by molar-refractivity contribution is 5.80. The van der Waals surface area contributed by atoms with Gasteiger partial charge < -0.3 is 15.1 Å². The van der Waals surface area contributed by atoms with Gasteiger partial charge in [0.2, 0.25) is 11.8 Å². The minimum absolute atomic E-state index is 0.0111. The number of nitriles is 1. The Morgan fingerprint density at radius 3 is 2.56 bits per heavy atom. The Kier molecular flexibility index (Phi) is 5.01. The number of likely N-dealkylation sites (tertiary alicyclic amines) is 2. The van der Waals surface area contributed by atoms with Crippen LogP contribution in [-0.2, 0) is 9.59 Å². The number of nitrogens with zero attached hydrogens (tertiary/aromatic N) is 3. The van der Waals surface area contributed by atoms with Crippen molar-refractivity contribution in [2.45, 2.75) is 69.7 Å². The average Bonchev–Trinajstić information content (AvgIpc) is 3.26. The van der Waals surface area contributed by atoms with Gasteiger partial charge in [-0.15, -0.1) is 0 Å². The summed E-state index contributed by atoms with van der Waals surface area (Å²) in [6.45, 7) is 4.66. The summed E-state index contributed by atoms with van der Waals surface area (Å²) >= 11 is 0. The number of fused-ring (bicyclic) bond motifs is 2. The highest BCUT2D eigenvalue weighted by Gasteiger charge is 2.41. The van der Waals surface area contributed by atoms with Crippen molar-refractivity contribution in [3.63, 3.8) is 0 Å². The van der Waals surface area contributed by atoms with Gasteiger partial charge in [-0.2, -0.15) is 5.26 Å². The van der Waals surface area contributed by atoms with Crippen LogP contribution in [0.2, 0.25) is 0 Å².